The largest absolute Gasteiger partial charge is 0.497 e. The van der Waals surface area contributed by atoms with Crippen molar-refractivity contribution in [2.24, 2.45) is 11.3 Å². The molecule has 3 atom stereocenters. The van der Waals surface area contributed by atoms with E-state index in [4.69, 9.17) is 4.74 Å². The van der Waals surface area contributed by atoms with Crippen LogP contribution >= 0.6 is 0 Å². The Bertz CT molecular complexity index is 686. The number of hydrogen-bond acceptors (Lipinski definition) is 3. The second kappa shape index (κ2) is 7.79. The van der Waals surface area contributed by atoms with Crippen LogP contribution in [0.25, 0.3) is 0 Å². The van der Waals surface area contributed by atoms with Gasteiger partial charge in [0, 0.05) is 24.7 Å². The Morgan fingerprint density at radius 1 is 1.15 bits per heavy atom. The molecule has 0 bridgehead atoms. The first-order chi connectivity index (χ1) is 12.8. The van der Waals surface area contributed by atoms with Gasteiger partial charge in [-0.25, -0.2) is 4.79 Å². The third-order valence-corrected chi connectivity index (χ3v) is 5.57. The van der Waals surface area contributed by atoms with E-state index in [-0.39, 0.29) is 29.4 Å². The lowest BCUT2D eigenvalue weighted by Gasteiger charge is -2.39. The van der Waals surface area contributed by atoms with E-state index < -0.39 is 0 Å². The number of amides is 3. The van der Waals surface area contributed by atoms with E-state index in [2.05, 4.69) is 31.4 Å². The van der Waals surface area contributed by atoms with Gasteiger partial charge in [-0.05, 0) is 54.9 Å². The number of carbonyl (C=O) groups is 2. The Morgan fingerprint density at radius 2 is 1.81 bits per heavy atom. The normalized spacial score (nSPS) is 27.3. The summed E-state index contributed by atoms with van der Waals surface area (Å²) < 4.78 is 5.16. The average Bonchev–Trinajstić information content (AvgIpc) is 2.93. The maximum absolute atomic E-state index is 12.4. The number of urea groups is 1. The molecule has 2 fully saturated rings. The summed E-state index contributed by atoms with van der Waals surface area (Å²) in [4.78, 5) is 26.5. The van der Waals surface area contributed by atoms with Gasteiger partial charge in [0.05, 0.1) is 13.2 Å². The molecule has 27 heavy (non-hydrogen) atoms. The lowest BCUT2D eigenvalue weighted by molar-refractivity contribution is -0.117. The van der Waals surface area contributed by atoms with Crippen molar-refractivity contribution in [1.82, 2.24) is 10.6 Å². The van der Waals surface area contributed by atoms with Crippen LogP contribution in [-0.2, 0) is 4.79 Å². The second-order valence-corrected chi connectivity index (χ2v) is 8.83. The zero-order chi connectivity index (χ0) is 19.6. The maximum Gasteiger partial charge on any atom is 0.315 e. The van der Waals surface area contributed by atoms with Gasteiger partial charge >= 0.3 is 6.03 Å². The van der Waals surface area contributed by atoms with Crippen molar-refractivity contribution < 1.29 is 14.3 Å². The fourth-order valence-corrected chi connectivity index (χ4v) is 4.68. The summed E-state index contributed by atoms with van der Waals surface area (Å²) in [5.41, 5.74) is 1.08. The van der Waals surface area contributed by atoms with Gasteiger partial charge in [0.2, 0.25) is 5.91 Å². The van der Waals surface area contributed by atoms with Gasteiger partial charge in [0.1, 0.15) is 5.75 Å². The molecule has 148 valence electrons. The highest BCUT2D eigenvalue weighted by Crippen LogP contribution is 2.38. The Balaban J connectivity index is 1.53. The number of nitrogens with zero attached hydrogens (tertiary/aromatic N) is 1. The molecule has 2 aliphatic rings. The van der Waals surface area contributed by atoms with Crippen LogP contribution in [-0.4, -0.2) is 37.7 Å². The third kappa shape index (κ3) is 4.93. The summed E-state index contributed by atoms with van der Waals surface area (Å²) in [6.07, 6.45) is 3.53. The maximum atomic E-state index is 12.4. The molecule has 2 N–H and O–H groups in total. The van der Waals surface area contributed by atoms with E-state index in [1.54, 1.807) is 12.0 Å². The van der Waals surface area contributed by atoms with E-state index in [1.165, 1.54) is 6.42 Å². The van der Waals surface area contributed by atoms with Crippen LogP contribution < -0.4 is 20.3 Å². The first-order valence-electron chi connectivity index (χ1n) is 9.77. The van der Waals surface area contributed by atoms with Gasteiger partial charge in [-0.2, -0.15) is 0 Å². The van der Waals surface area contributed by atoms with Crippen LogP contribution in [0.3, 0.4) is 0 Å². The van der Waals surface area contributed by atoms with E-state index in [9.17, 15) is 9.59 Å². The number of ether oxygens (including phenoxy) is 1. The predicted octanol–water partition coefficient (Wildman–Crippen LogP) is 3.31. The molecular formula is C21H31N3O3. The molecule has 1 aliphatic carbocycles. The van der Waals surface area contributed by atoms with Crippen LogP contribution in [0.5, 0.6) is 5.75 Å². The van der Waals surface area contributed by atoms with E-state index in [0.29, 0.717) is 18.9 Å². The lowest BCUT2D eigenvalue weighted by atomic mass is 9.71. The molecule has 0 unspecified atom stereocenters. The fourth-order valence-electron chi connectivity index (χ4n) is 4.68. The van der Waals surface area contributed by atoms with Crippen molar-refractivity contribution in [3.63, 3.8) is 0 Å². The third-order valence-electron chi connectivity index (χ3n) is 5.57. The average molecular weight is 373 g/mol. The van der Waals surface area contributed by atoms with E-state index >= 15 is 0 Å². The van der Waals surface area contributed by atoms with Crippen LogP contribution in [0.15, 0.2) is 24.3 Å². The van der Waals surface area contributed by atoms with Crippen molar-refractivity contribution >= 4 is 17.6 Å². The Kier molecular flexibility index (Phi) is 5.63. The molecule has 1 saturated heterocycles. The number of carbonyl (C=O) groups excluding carboxylic acids is 2. The number of anilines is 1. The zero-order valence-corrected chi connectivity index (χ0v) is 16.7. The van der Waals surface area contributed by atoms with Crippen LogP contribution in [0, 0.1) is 11.3 Å². The first kappa shape index (κ1) is 19.5. The van der Waals surface area contributed by atoms with Crippen molar-refractivity contribution in [2.75, 3.05) is 18.6 Å². The SMILES string of the molecule is COc1ccc(N2C[C@H](NC(=O)N[C@@H]3C[C@H](C)CC(C)(C)C3)CC2=O)cc1. The zero-order valence-electron chi connectivity index (χ0n) is 16.7. The molecule has 3 rings (SSSR count). The van der Waals surface area contributed by atoms with Crippen molar-refractivity contribution in [3.8, 4) is 5.75 Å². The molecule has 1 aromatic rings. The molecule has 1 saturated carbocycles. The molecule has 1 heterocycles. The molecule has 0 spiro atoms. The lowest BCUT2D eigenvalue weighted by Crippen LogP contribution is -2.50. The predicted molar refractivity (Wildman–Crippen MR) is 106 cm³/mol. The molecule has 3 amide bonds. The summed E-state index contributed by atoms with van der Waals surface area (Å²) in [5, 5.41) is 6.10. The summed E-state index contributed by atoms with van der Waals surface area (Å²) in [6.45, 7) is 7.26. The first-order valence-corrected chi connectivity index (χ1v) is 9.77. The molecule has 0 aromatic heterocycles. The number of rotatable bonds is 4. The van der Waals surface area contributed by atoms with Crippen molar-refractivity contribution in [1.29, 1.82) is 0 Å². The Morgan fingerprint density at radius 3 is 2.44 bits per heavy atom. The van der Waals surface area contributed by atoms with E-state index in [0.717, 1.165) is 24.3 Å². The highest BCUT2D eigenvalue weighted by molar-refractivity contribution is 5.96. The number of benzene rings is 1. The number of nitrogens with one attached hydrogen (secondary N) is 2. The van der Waals surface area contributed by atoms with Gasteiger partial charge < -0.3 is 20.3 Å². The minimum Gasteiger partial charge on any atom is -0.497 e. The van der Waals surface area contributed by atoms with Gasteiger partial charge in [-0.1, -0.05) is 20.8 Å². The minimum absolute atomic E-state index is 0.0258. The van der Waals surface area contributed by atoms with Gasteiger partial charge in [-0.15, -0.1) is 0 Å². The Labute approximate surface area is 161 Å². The van der Waals surface area contributed by atoms with Gasteiger partial charge in [0.15, 0.2) is 0 Å². The summed E-state index contributed by atoms with van der Waals surface area (Å²) in [7, 11) is 1.61. The topological polar surface area (TPSA) is 70.7 Å². The number of methoxy groups -OCH3 is 1. The second-order valence-electron chi connectivity index (χ2n) is 8.83. The molecule has 1 aromatic carbocycles. The summed E-state index contributed by atoms with van der Waals surface area (Å²) in [5.74, 6) is 1.39. The number of hydrogen-bond donors (Lipinski definition) is 2. The highest BCUT2D eigenvalue weighted by atomic mass is 16.5. The molecule has 0 radical (unpaired) electrons. The van der Waals surface area contributed by atoms with Gasteiger partial charge in [-0.3, -0.25) is 4.79 Å². The van der Waals surface area contributed by atoms with Crippen LogP contribution in [0.1, 0.15) is 46.5 Å². The van der Waals surface area contributed by atoms with Crippen molar-refractivity contribution in [2.45, 2.75) is 58.5 Å². The summed E-state index contributed by atoms with van der Waals surface area (Å²) >= 11 is 0. The molecule has 6 heteroatoms. The molecule has 1 aliphatic heterocycles. The molecular weight excluding hydrogens is 342 g/mol. The standard InChI is InChI=1S/C21H31N3O3/c1-14-9-15(12-21(2,3)11-14)22-20(26)23-16-10-19(25)24(13-16)17-5-7-18(27-4)8-6-17/h5-8,14-16H,9-13H2,1-4H3,(H2,22,23,26)/t14-,15+,16+/m0/s1. The monoisotopic (exact) mass is 373 g/mol. The van der Waals surface area contributed by atoms with Crippen LogP contribution in [0.2, 0.25) is 0 Å². The minimum atomic E-state index is -0.173. The van der Waals surface area contributed by atoms with E-state index in [1.807, 2.05) is 24.3 Å². The summed E-state index contributed by atoms with van der Waals surface area (Å²) in [6, 6.07) is 7.26. The van der Waals surface area contributed by atoms with Gasteiger partial charge in [0.25, 0.3) is 0 Å². The molecule has 6 nitrogen and oxygen atoms in total. The quantitative estimate of drug-likeness (QED) is 0.851. The Hall–Kier alpha value is -2.24. The van der Waals surface area contributed by atoms with Crippen LogP contribution in [0.4, 0.5) is 10.5 Å². The fraction of sp³-hybridized carbons (Fsp3) is 0.619. The smallest absolute Gasteiger partial charge is 0.315 e. The highest BCUT2D eigenvalue weighted by Gasteiger charge is 2.34. The van der Waals surface area contributed by atoms with Crippen molar-refractivity contribution in [3.05, 3.63) is 24.3 Å².